The summed E-state index contributed by atoms with van der Waals surface area (Å²) in [4.78, 5) is 12.3. The second-order valence-electron chi connectivity index (χ2n) is 6.58. The molecule has 3 rings (SSSR count). The monoisotopic (exact) mass is 453 g/mol. The predicted molar refractivity (Wildman–Crippen MR) is 109 cm³/mol. The lowest BCUT2D eigenvalue weighted by Crippen LogP contribution is -2.31. The SMILES string of the molecule is COc1cccc([C@@H](C)NC(=O)COc2cc(C(F)(F)F)nn2-c2ccccc2Cl)c1. The van der Waals surface area contributed by atoms with E-state index < -0.39 is 24.4 Å². The fourth-order valence-corrected chi connectivity index (χ4v) is 3.03. The van der Waals surface area contributed by atoms with Gasteiger partial charge in [-0.1, -0.05) is 35.9 Å². The third kappa shape index (κ3) is 5.49. The molecule has 10 heteroatoms. The van der Waals surface area contributed by atoms with Gasteiger partial charge in [-0.3, -0.25) is 4.79 Å². The van der Waals surface area contributed by atoms with Gasteiger partial charge in [0, 0.05) is 6.07 Å². The fourth-order valence-electron chi connectivity index (χ4n) is 2.82. The molecule has 0 aliphatic heterocycles. The van der Waals surface area contributed by atoms with E-state index in [9.17, 15) is 18.0 Å². The smallest absolute Gasteiger partial charge is 0.435 e. The van der Waals surface area contributed by atoms with Gasteiger partial charge in [0.2, 0.25) is 5.88 Å². The first kappa shape index (κ1) is 22.5. The number of methoxy groups -OCH3 is 1. The van der Waals surface area contributed by atoms with Crippen molar-refractivity contribution in [3.8, 4) is 17.3 Å². The number of aromatic nitrogens is 2. The van der Waals surface area contributed by atoms with E-state index in [0.717, 1.165) is 16.3 Å². The number of hydrogen-bond donors (Lipinski definition) is 1. The van der Waals surface area contributed by atoms with Crippen LogP contribution < -0.4 is 14.8 Å². The van der Waals surface area contributed by atoms with Crippen molar-refractivity contribution in [1.29, 1.82) is 0 Å². The Hall–Kier alpha value is -3.20. The molecule has 0 radical (unpaired) electrons. The van der Waals surface area contributed by atoms with Crippen molar-refractivity contribution in [3.05, 3.63) is 70.9 Å². The number of carbonyl (C=O) groups is 1. The van der Waals surface area contributed by atoms with Crippen molar-refractivity contribution < 1.29 is 27.4 Å². The summed E-state index contributed by atoms with van der Waals surface area (Å²) in [5.41, 5.74) is -0.166. The quantitative estimate of drug-likeness (QED) is 0.557. The molecule has 0 saturated carbocycles. The Kier molecular flexibility index (Phi) is 6.74. The maximum atomic E-state index is 13.2. The standard InChI is InChI=1S/C21H19ClF3N3O3/c1-13(14-6-5-7-15(10-14)30-2)26-19(29)12-31-20-11-18(21(23,24)25)27-28(20)17-9-4-3-8-16(17)22/h3-11,13H,12H2,1-2H3,(H,26,29)/t13-/m1/s1. The molecule has 1 atom stereocenters. The number of nitrogens with zero attached hydrogens (tertiary/aromatic N) is 2. The molecule has 0 spiro atoms. The molecule has 6 nitrogen and oxygen atoms in total. The Bertz CT molecular complexity index is 1070. The van der Waals surface area contributed by atoms with E-state index in [4.69, 9.17) is 21.1 Å². The van der Waals surface area contributed by atoms with Crippen LogP contribution in [-0.4, -0.2) is 29.4 Å². The minimum atomic E-state index is -4.69. The van der Waals surface area contributed by atoms with Gasteiger partial charge in [0.25, 0.3) is 5.91 Å². The lowest BCUT2D eigenvalue weighted by atomic mass is 10.1. The molecular weight excluding hydrogens is 435 g/mol. The lowest BCUT2D eigenvalue weighted by Gasteiger charge is -2.16. The minimum Gasteiger partial charge on any atom is -0.497 e. The number of halogens is 4. The largest absolute Gasteiger partial charge is 0.497 e. The molecule has 0 saturated heterocycles. The maximum Gasteiger partial charge on any atom is 0.435 e. The highest BCUT2D eigenvalue weighted by Crippen LogP contribution is 2.33. The first-order chi connectivity index (χ1) is 14.7. The lowest BCUT2D eigenvalue weighted by molar-refractivity contribution is -0.141. The third-order valence-corrected chi connectivity index (χ3v) is 4.69. The van der Waals surface area contributed by atoms with E-state index in [1.807, 2.05) is 6.07 Å². The number of nitrogens with one attached hydrogen (secondary N) is 1. The van der Waals surface area contributed by atoms with Gasteiger partial charge in [0.05, 0.1) is 23.9 Å². The Morgan fingerprint density at radius 1 is 1.19 bits per heavy atom. The molecular formula is C21H19ClF3N3O3. The maximum absolute atomic E-state index is 13.2. The first-order valence-corrected chi connectivity index (χ1v) is 9.55. The zero-order chi connectivity index (χ0) is 22.6. The molecule has 2 aromatic carbocycles. The fraction of sp³-hybridized carbons (Fsp3) is 0.238. The molecule has 0 aliphatic carbocycles. The number of hydrogen-bond acceptors (Lipinski definition) is 4. The van der Waals surface area contributed by atoms with Crippen molar-refractivity contribution in [2.45, 2.75) is 19.1 Å². The summed E-state index contributed by atoms with van der Waals surface area (Å²) < 4.78 is 50.9. The summed E-state index contributed by atoms with van der Waals surface area (Å²) in [6.45, 7) is 1.25. The summed E-state index contributed by atoms with van der Waals surface area (Å²) in [5, 5.41) is 6.46. The Balaban J connectivity index is 1.75. The van der Waals surface area contributed by atoms with E-state index >= 15 is 0 Å². The third-order valence-electron chi connectivity index (χ3n) is 4.37. The molecule has 1 N–H and O–H groups in total. The second kappa shape index (κ2) is 9.30. The van der Waals surface area contributed by atoms with Gasteiger partial charge in [0.1, 0.15) is 5.75 Å². The van der Waals surface area contributed by atoms with Crippen LogP contribution in [0.5, 0.6) is 11.6 Å². The number of alkyl halides is 3. The highest BCUT2D eigenvalue weighted by atomic mass is 35.5. The Labute approximate surface area is 181 Å². The topological polar surface area (TPSA) is 65.4 Å². The first-order valence-electron chi connectivity index (χ1n) is 9.17. The van der Waals surface area contributed by atoms with Gasteiger partial charge in [-0.25, -0.2) is 0 Å². The predicted octanol–water partition coefficient (Wildman–Crippen LogP) is 4.81. The van der Waals surface area contributed by atoms with Crippen molar-refractivity contribution in [3.63, 3.8) is 0 Å². The van der Waals surface area contributed by atoms with Crippen LogP contribution in [0.1, 0.15) is 24.2 Å². The van der Waals surface area contributed by atoms with Crippen LogP contribution in [-0.2, 0) is 11.0 Å². The van der Waals surface area contributed by atoms with Gasteiger partial charge in [-0.2, -0.15) is 23.0 Å². The average Bonchev–Trinajstić information content (AvgIpc) is 3.17. The Morgan fingerprint density at radius 3 is 2.61 bits per heavy atom. The molecule has 1 aromatic heterocycles. The van der Waals surface area contributed by atoms with Crippen LogP contribution >= 0.6 is 11.6 Å². The summed E-state index contributed by atoms with van der Waals surface area (Å²) in [6, 6.07) is 13.7. The number of amides is 1. The molecule has 1 heterocycles. The summed E-state index contributed by atoms with van der Waals surface area (Å²) in [5.74, 6) is -0.140. The van der Waals surface area contributed by atoms with Gasteiger partial charge < -0.3 is 14.8 Å². The average molecular weight is 454 g/mol. The molecule has 31 heavy (non-hydrogen) atoms. The minimum absolute atomic E-state index is 0.181. The van der Waals surface area contributed by atoms with Crippen molar-refractivity contribution in [1.82, 2.24) is 15.1 Å². The van der Waals surface area contributed by atoms with E-state index in [-0.39, 0.29) is 22.6 Å². The van der Waals surface area contributed by atoms with E-state index in [2.05, 4.69) is 10.4 Å². The Morgan fingerprint density at radius 2 is 1.94 bits per heavy atom. The molecule has 3 aromatic rings. The summed E-state index contributed by atoms with van der Waals surface area (Å²) >= 11 is 6.09. The van der Waals surface area contributed by atoms with Gasteiger partial charge in [-0.05, 0) is 36.8 Å². The van der Waals surface area contributed by atoms with Gasteiger partial charge in [0.15, 0.2) is 12.3 Å². The number of ether oxygens (including phenoxy) is 2. The molecule has 0 unspecified atom stereocenters. The number of benzene rings is 2. The normalized spacial score (nSPS) is 12.3. The van der Waals surface area contributed by atoms with E-state index in [1.54, 1.807) is 37.3 Å². The van der Waals surface area contributed by atoms with Gasteiger partial charge >= 0.3 is 6.18 Å². The summed E-state index contributed by atoms with van der Waals surface area (Å²) in [6.07, 6.45) is -4.69. The number of para-hydroxylation sites is 1. The van der Waals surface area contributed by atoms with E-state index in [0.29, 0.717) is 5.75 Å². The molecule has 0 aliphatic rings. The van der Waals surface area contributed by atoms with Gasteiger partial charge in [-0.15, -0.1) is 0 Å². The highest BCUT2D eigenvalue weighted by Gasteiger charge is 2.36. The zero-order valence-corrected chi connectivity index (χ0v) is 17.4. The molecule has 0 bridgehead atoms. The van der Waals surface area contributed by atoms with Crippen molar-refractivity contribution in [2.75, 3.05) is 13.7 Å². The van der Waals surface area contributed by atoms with Crippen LogP contribution in [0.15, 0.2) is 54.6 Å². The summed E-state index contributed by atoms with van der Waals surface area (Å²) in [7, 11) is 1.54. The molecule has 0 fully saturated rings. The van der Waals surface area contributed by atoms with Crippen LogP contribution in [0.25, 0.3) is 5.69 Å². The van der Waals surface area contributed by atoms with Crippen LogP contribution in [0, 0.1) is 0 Å². The molecule has 1 amide bonds. The van der Waals surface area contributed by atoms with Crippen LogP contribution in [0.4, 0.5) is 13.2 Å². The highest BCUT2D eigenvalue weighted by molar-refractivity contribution is 6.32. The van der Waals surface area contributed by atoms with Crippen molar-refractivity contribution in [2.24, 2.45) is 0 Å². The second-order valence-corrected chi connectivity index (χ2v) is 6.99. The number of carbonyl (C=O) groups excluding carboxylic acids is 1. The zero-order valence-electron chi connectivity index (χ0n) is 16.6. The van der Waals surface area contributed by atoms with Crippen molar-refractivity contribution >= 4 is 17.5 Å². The molecule has 164 valence electrons. The van der Waals surface area contributed by atoms with Crippen LogP contribution in [0.3, 0.4) is 0 Å². The number of rotatable bonds is 7. The van der Waals surface area contributed by atoms with Crippen LogP contribution in [0.2, 0.25) is 5.02 Å². The van der Waals surface area contributed by atoms with E-state index in [1.165, 1.54) is 19.2 Å².